The van der Waals surface area contributed by atoms with Crippen LogP contribution in [0, 0.1) is 12.8 Å². The molecule has 2 N–H and O–H groups in total. The fourth-order valence-corrected chi connectivity index (χ4v) is 3.55. The third-order valence-electron chi connectivity index (χ3n) is 4.49. The van der Waals surface area contributed by atoms with E-state index in [2.05, 4.69) is 25.4 Å². The summed E-state index contributed by atoms with van der Waals surface area (Å²) in [6.45, 7) is 1.82. The van der Waals surface area contributed by atoms with Gasteiger partial charge in [0.15, 0.2) is 22.7 Å². The fourth-order valence-electron chi connectivity index (χ4n) is 3.20. The van der Waals surface area contributed by atoms with Gasteiger partial charge in [-0.15, -0.1) is 0 Å². The van der Waals surface area contributed by atoms with E-state index in [4.69, 9.17) is 4.55 Å². The maximum absolute atomic E-state index is 12.8. The lowest BCUT2D eigenvalue weighted by molar-refractivity contribution is -0.120. The van der Waals surface area contributed by atoms with Crippen LogP contribution in [-0.2, 0) is 21.6 Å². The van der Waals surface area contributed by atoms with Gasteiger partial charge in [0.25, 0.3) is 5.91 Å². The fraction of sp³-hybridized carbons (Fsp3) is 0.562. The molecule has 10 heteroatoms. The molecule has 1 amide bonds. The summed E-state index contributed by atoms with van der Waals surface area (Å²) >= 11 is -2.02. The molecule has 1 saturated carbocycles. The number of carbonyl (C=O) groups is 1. The van der Waals surface area contributed by atoms with Crippen molar-refractivity contribution in [3.05, 3.63) is 30.2 Å². The lowest BCUT2D eigenvalue weighted by Gasteiger charge is -2.20. The summed E-state index contributed by atoms with van der Waals surface area (Å²) in [5, 5.41) is 7.01. The molecule has 2 atom stereocenters. The number of amides is 1. The van der Waals surface area contributed by atoms with Gasteiger partial charge < -0.3 is 9.87 Å². The SMILES string of the molecule is Cc1cnc(NC(=O)[C@H](CC2CCCC2)n2cnc(CS(=O)O)n2)cn1. The Morgan fingerprint density at radius 1 is 1.35 bits per heavy atom. The van der Waals surface area contributed by atoms with E-state index in [-0.39, 0.29) is 17.5 Å². The van der Waals surface area contributed by atoms with Crippen molar-refractivity contribution in [2.45, 2.75) is 50.8 Å². The Morgan fingerprint density at radius 2 is 2.12 bits per heavy atom. The van der Waals surface area contributed by atoms with Crippen LogP contribution in [0.25, 0.3) is 0 Å². The van der Waals surface area contributed by atoms with Crippen LogP contribution in [0.15, 0.2) is 18.7 Å². The van der Waals surface area contributed by atoms with Crippen LogP contribution in [-0.4, -0.2) is 39.4 Å². The van der Waals surface area contributed by atoms with Crippen LogP contribution in [0.5, 0.6) is 0 Å². The van der Waals surface area contributed by atoms with Crippen molar-refractivity contribution < 1.29 is 13.6 Å². The predicted molar refractivity (Wildman–Crippen MR) is 95.5 cm³/mol. The van der Waals surface area contributed by atoms with E-state index in [1.54, 1.807) is 6.20 Å². The molecule has 0 aliphatic heterocycles. The Morgan fingerprint density at radius 3 is 2.77 bits per heavy atom. The molecule has 26 heavy (non-hydrogen) atoms. The van der Waals surface area contributed by atoms with E-state index >= 15 is 0 Å². The van der Waals surface area contributed by atoms with Crippen molar-refractivity contribution in [1.82, 2.24) is 24.7 Å². The van der Waals surface area contributed by atoms with Crippen LogP contribution < -0.4 is 5.32 Å². The van der Waals surface area contributed by atoms with E-state index < -0.39 is 17.1 Å². The van der Waals surface area contributed by atoms with Crippen LogP contribution in [0.2, 0.25) is 0 Å². The van der Waals surface area contributed by atoms with Crippen LogP contribution in [0.4, 0.5) is 5.82 Å². The molecule has 1 aliphatic carbocycles. The largest absolute Gasteiger partial charge is 0.308 e. The zero-order valence-electron chi connectivity index (χ0n) is 14.5. The van der Waals surface area contributed by atoms with Gasteiger partial charge in [-0.3, -0.25) is 9.78 Å². The summed E-state index contributed by atoms with van der Waals surface area (Å²) in [4.78, 5) is 25.2. The van der Waals surface area contributed by atoms with Gasteiger partial charge in [-0.05, 0) is 19.3 Å². The maximum Gasteiger partial charge on any atom is 0.250 e. The molecule has 2 heterocycles. The first-order valence-electron chi connectivity index (χ1n) is 8.58. The molecule has 0 aromatic carbocycles. The third kappa shape index (κ3) is 4.92. The molecule has 0 saturated heterocycles. The van der Waals surface area contributed by atoms with Crippen molar-refractivity contribution >= 4 is 22.8 Å². The number of carbonyl (C=O) groups excluding carboxylic acids is 1. The zero-order chi connectivity index (χ0) is 18.5. The Hall–Kier alpha value is -2.20. The Bertz CT molecular complexity index is 773. The van der Waals surface area contributed by atoms with Gasteiger partial charge >= 0.3 is 0 Å². The van der Waals surface area contributed by atoms with Gasteiger partial charge in [0.05, 0.1) is 18.1 Å². The van der Waals surface area contributed by atoms with Gasteiger partial charge in [0, 0.05) is 0 Å². The van der Waals surface area contributed by atoms with Crippen molar-refractivity contribution in [3.8, 4) is 0 Å². The molecule has 3 rings (SSSR count). The van der Waals surface area contributed by atoms with Crippen molar-refractivity contribution in [3.63, 3.8) is 0 Å². The van der Waals surface area contributed by atoms with E-state index in [0.29, 0.717) is 18.2 Å². The molecule has 9 nitrogen and oxygen atoms in total. The number of rotatable bonds is 7. The molecule has 0 spiro atoms. The zero-order valence-corrected chi connectivity index (χ0v) is 15.4. The van der Waals surface area contributed by atoms with Crippen molar-refractivity contribution in [2.75, 3.05) is 5.32 Å². The molecule has 0 bridgehead atoms. The highest BCUT2D eigenvalue weighted by molar-refractivity contribution is 7.78. The molecule has 1 unspecified atom stereocenters. The number of nitrogens with zero attached hydrogens (tertiary/aromatic N) is 5. The molecule has 1 aliphatic rings. The molecule has 1 fully saturated rings. The predicted octanol–water partition coefficient (Wildman–Crippen LogP) is 1.86. The second-order valence-electron chi connectivity index (χ2n) is 6.54. The molecular formula is C16H22N6O3S. The number of anilines is 1. The smallest absolute Gasteiger partial charge is 0.250 e. The lowest BCUT2D eigenvalue weighted by Crippen LogP contribution is -2.28. The number of aromatic nitrogens is 5. The Balaban J connectivity index is 1.77. The highest BCUT2D eigenvalue weighted by Crippen LogP contribution is 2.32. The van der Waals surface area contributed by atoms with Gasteiger partial charge in [0.2, 0.25) is 0 Å². The van der Waals surface area contributed by atoms with E-state index in [1.807, 2.05) is 6.92 Å². The van der Waals surface area contributed by atoms with Gasteiger partial charge in [-0.25, -0.2) is 18.9 Å². The highest BCUT2D eigenvalue weighted by atomic mass is 32.2. The van der Waals surface area contributed by atoms with Crippen molar-refractivity contribution in [2.24, 2.45) is 5.92 Å². The minimum Gasteiger partial charge on any atom is -0.308 e. The van der Waals surface area contributed by atoms with Crippen LogP contribution >= 0.6 is 0 Å². The first kappa shape index (κ1) is 18.6. The standard InChI is InChI=1S/C16H22N6O3S/c1-11-7-18-14(8-17-11)20-16(23)13(6-12-4-2-3-5-12)22-10-19-15(21-22)9-26(24)25/h7-8,10,12-13H,2-6,9H2,1H3,(H,24,25)(H,18,20,23)/t13-/m0/s1. The summed E-state index contributed by atoms with van der Waals surface area (Å²) in [7, 11) is 0. The number of nitrogens with one attached hydrogen (secondary N) is 1. The van der Waals surface area contributed by atoms with Crippen LogP contribution in [0.3, 0.4) is 0 Å². The summed E-state index contributed by atoms with van der Waals surface area (Å²) in [5.74, 6) is 0.680. The van der Waals surface area contributed by atoms with E-state index in [0.717, 1.165) is 18.5 Å². The Kier molecular flexibility index (Phi) is 6.04. The first-order chi connectivity index (χ1) is 12.5. The quantitative estimate of drug-likeness (QED) is 0.705. The summed E-state index contributed by atoms with van der Waals surface area (Å²) in [6, 6.07) is -0.547. The summed E-state index contributed by atoms with van der Waals surface area (Å²) in [6.07, 6.45) is 9.74. The van der Waals surface area contributed by atoms with Gasteiger partial charge in [-0.1, -0.05) is 25.7 Å². The first-order valence-corrected chi connectivity index (χ1v) is 9.86. The van der Waals surface area contributed by atoms with Crippen LogP contribution in [0.1, 0.15) is 49.7 Å². The third-order valence-corrected chi connectivity index (χ3v) is 5.00. The van der Waals surface area contributed by atoms with Gasteiger partial charge in [0.1, 0.15) is 18.1 Å². The maximum atomic E-state index is 12.8. The summed E-state index contributed by atoms with van der Waals surface area (Å²) in [5.41, 5.74) is 0.767. The molecule has 0 radical (unpaired) electrons. The van der Waals surface area contributed by atoms with E-state index in [9.17, 15) is 9.00 Å². The average Bonchev–Trinajstić information content (AvgIpc) is 3.26. The second kappa shape index (κ2) is 8.45. The molecular weight excluding hydrogens is 356 g/mol. The van der Waals surface area contributed by atoms with Gasteiger partial charge in [-0.2, -0.15) is 5.10 Å². The minimum atomic E-state index is -2.02. The van der Waals surface area contributed by atoms with Crippen molar-refractivity contribution in [1.29, 1.82) is 0 Å². The number of aryl methyl sites for hydroxylation is 1. The molecule has 2 aromatic heterocycles. The molecule has 140 valence electrons. The normalized spacial score (nSPS) is 17.2. The Labute approximate surface area is 153 Å². The lowest BCUT2D eigenvalue weighted by atomic mass is 9.98. The molecule has 2 aromatic rings. The van der Waals surface area contributed by atoms with E-state index in [1.165, 1.54) is 30.0 Å². The topological polar surface area (TPSA) is 123 Å². The minimum absolute atomic E-state index is 0.159. The number of hydrogen-bond donors (Lipinski definition) is 2. The summed E-state index contributed by atoms with van der Waals surface area (Å²) < 4.78 is 21.4. The average molecular weight is 378 g/mol. The second-order valence-corrected chi connectivity index (χ2v) is 7.47. The number of hydrogen-bond acceptors (Lipinski definition) is 6. The monoisotopic (exact) mass is 378 g/mol. The highest BCUT2D eigenvalue weighted by Gasteiger charge is 2.28.